The van der Waals surface area contributed by atoms with Crippen LogP contribution in [-0.4, -0.2) is 44.7 Å². The number of halogens is 1. The summed E-state index contributed by atoms with van der Waals surface area (Å²) in [7, 11) is 3.14. The van der Waals surface area contributed by atoms with Crippen LogP contribution in [0.4, 0.5) is 0 Å². The molecule has 0 radical (unpaired) electrons. The van der Waals surface area contributed by atoms with E-state index < -0.39 is 5.60 Å². The highest BCUT2D eigenvalue weighted by Crippen LogP contribution is 2.29. The minimum Gasteiger partial charge on any atom is -1.00 e. The van der Waals surface area contributed by atoms with E-state index in [0.717, 1.165) is 18.7 Å². The van der Waals surface area contributed by atoms with Crippen LogP contribution in [-0.2, 0) is 5.60 Å². The molecule has 2 aromatic rings. The lowest BCUT2D eigenvalue weighted by Crippen LogP contribution is -3.14. The molecule has 1 aliphatic heterocycles. The standard InChI is InChI=1S/C21H25NO4.BrH/c1-25-17-8-9-20(26-2)18(14-17)19(23)15-22-12-10-21(24,11-13-22)16-6-4-3-5-7-16;/h3-9,14,24H,10-13,15H2,1-2H3;1H. The molecule has 6 heteroatoms. The van der Waals surface area contributed by atoms with E-state index in [1.54, 1.807) is 32.4 Å². The van der Waals surface area contributed by atoms with E-state index in [1.165, 1.54) is 4.90 Å². The van der Waals surface area contributed by atoms with Gasteiger partial charge in [0.2, 0.25) is 5.78 Å². The van der Waals surface area contributed by atoms with Crippen LogP contribution in [0.3, 0.4) is 0 Å². The molecule has 1 fully saturated rings. The highest BCUT2D eigenvalue weighted by molar-refractivity contribution is 5.99. The van der Waals surface area contributed by atoms with Crippen LogP contribution in [0, 0.1) is 0 Å². The van der Waals surface area contributed by atoms with Crippen LogP contribution in [0.5, 0.6) is 11.5 Å². The predicted molar refractivity (Wildman–Crippen MR) is 99.0 cm³/mol. The molecular formula is C21H26BrNO4. The van der Waals surface area contributed by atoms with Crippen molar-refractivity contribution in [3.8, 4) is 11.5 Å². The number of rotatable bonds is 6. The first kappa shape index (κ1) is 21.4. The summed E-state index contributed by atoms with van der Waals surface area (Å²) in [4.78, 5) is 14.0. The molecule has 2 N–H and O–H groups in total. The molecule has 0 atom stereocenters. The maximum atomic E-state index is 12.8. The molecule has 1 saturated heterocycles. The number of Topliss-reactive ketones (excluding diaryl/α,β-unsaturated/α-hetero) is 1. The number of carbonyl (C=O) groups is 1. The van der Waals surface area contributed by atoms with Crippen molar-refractivity contribution >= 4 is 5.78 Å². The maximum Gasteiger partial charge on any atom is 0.220 e. The molecule has 3 rings (SSSR count). The predicted octanol–water partition coefficient (Wildman–Crippen LogP) is -1.54. The Labute approximate surface area is 170 Å². The lowest BCUT2D eigenvalue weighted by atomic mass is 9.84. The second kappa shape index (κ2) is 9.35. The van der Waals surface area contributed by atoms with Gasteiger partial charge in [-0.1, -0.05) is 30.3 Å². The van der Waals surface area contributed by atoms with Crippen molar-refractivity contribution in [2.24, 2.45) is 0 Å². The van der Waals surface area contributed by atoms with E-state index in [0.29, 0.717) is 36.4 Å². The van der Waals surface area contributed by atoms with Crippen molar-refractivity contribution < 1.29 is 41.3 Å². The lowest BCUT2D eigenvalue weighted by Gasteiger charge is -2.36. The molecule has 1 heterocycles. The molecule has 0 bridgehead atoms. The molecule has 0 unspecified atom stereocenters. The average molecular weight is 436 g/mol. The van der Waals surface area contributed by atoms with Gasteiger partial charge in [-0.05, 0) is 23.8 Å². The highest BCUT2D eigenvalue weighted by Gasteiger charge is 2.36. The molecular weight excluding hydrogens is 410 g/mol. The molecule has 5 nitrogen and oxygen atoms in total. The van der Waals surface area contributed by atoms with Gasteiger partial charge in [0.25, 0.3) is 0 Å². The van der Waals surface area contributed by atoms with Gasteiger partial charge in [0.15, 0.2) is 0 Å². The van der Waals surface area contributed by atoms with E-state index in [2.05, 4.69) is 0 Å². The van der Waals surface area contributed by atoms with E-state index in [4.69, 9.17) is 9.47 Å². The van der Waals surface area contributed by atoms with Gasteiger partial charge in [0, 0.05) is 12.8 Å². The summed E-state index contributed by atoms with van der Waals surface area (Å²) in [6.45, 7) is 1.89. The minimum absolute atomic E-state index is 0. The van der Waals surface area contributed by atoms with Gasteiger partial charge in [0.1, 0.15) is 23.6 Å². The summed E-state index contributed by atoms with van der Waals surface area (Å²) in [6, 6.07) is 15.1. The Kier molecular flexibility index (Phi) is 7.41. The Morgan fingerprint density at radius 3 is 2.33 bits per heavy atom. The Hall–Kier alpha value is -1.89. The average Bonchev–Trinajstić information content (AvgIpc) is 2.70. The molecule has 27 heavy (non-hydrogen) atoms. The molecule has 1 aliphatic rings. The third kappa shape index (κ3) is 4.89. The van der Waals surface area contributed by atoms with Crippen molar-refractivity contribution in [3.63, 3.8) is 0 Å². The fourth-order valence-corrected chi connectivity index (χ4v) is 3.59. The Morgan fingerprint density at radius 2 is 1.74 bits per heavy atom. The highest BCUT2D eigenvalue weighted by atomic mass is 79.9. The third-order valence-corrected chi connectivity index (χ3v) is 5.21. The van der Waals surface area contributed by atoms with Gasteiger partial charge >= 0.3 is 0 Å². The van der Waals surface area contributed by atoms with Crippen LogP contribution in [0.2, 0.25) is 0 Å². The van der Waals surface area contributed by atoms with Gasteiger partial charge in [-0.3, -0.25) is 4.79 Å². The summed E-state index contributed by atoms with van der Waals surface area (Å²) < 4.78 is 10.5. The summed E-state index contributed by atoms with van der Waals surface area (Å²) >= 11 is 0. The number of hydrogen-bond acceptors (Lipinski definition) is 4. The quantitative estimate of drug-likeness (QED) is 0.539. The molecule has 0 amide bonds. The van der Waals surface area contributed by atoms with Crippen LogP contribution in [0.15, 0.2) is 48.5 Å². The van der Waals surface area contributed by atoms with Gasteiger partial charge in [-0.2, -0.15) is 0 Å². The second-order valence-electron chi connectivity index (χ2n) is 6.81. The topological polar surface area (TPSA) is 60.2 Å². The summed E-state index contributed by atoms with van der Waals surface area (Å²) in [5, 5.41) is 10.9. The first-order valence-corrected chi connectivity index (χ1v) is 8.92. The molecule has 0 aliphatic carbocycles. The fourth-order valence-electron chi connectivity index (χ4n) is 3.59. The van der Waals surface area contributed by atoms with Gasteiger partial charge in [-0.25, -0.2) is 0 Å². The van der Waals surface area contributed by atoms with E-state index >= 15 is 0 Å². The van der Waals surface area contributed by atoms with Crippen molar-refractivity contribution in [2.45, 2.75) is 18.4 Å². The Morgan fingerprint density at radius 1 is 1.07 bits per heavy atom. The summed E-state index contributed by atoms with van der Waals surface area (Å²) in [5.74, 6) is 1.23. The van der Waals surface area contributed by atoms with Crippen LogP contribution in [0.1, 0.15) is 28.8 Å². The number of methoxy groups -OCH3 is 2. The van der Waals surface area contributed by atoms with Crippen LogP contribution in [0.25, 0.3) is 0 Å². The Bertz CT molecular complexity index is 758. The van der Waals surface area contributed by atoms with Crippen molar-refractivity contribution in [3.05, 3.63) is 59.7 Å². The van der Waals surface area contributed by atoms with Gasteiger partial charge in [-0.15, -0.1) is 0 Å². The zero-order chi connectivity index (χ0) is 18.6. The van der Waals surface area contributed by atoms with E-state index in [9.17, 15) is 9.90 Å². The van der Waals surface area contributed by atoms with Crippen LogP contribution >= 0.6 is 0 Å². The van der Waals surface area contributed by atoms with E-state index in [1.807, 2.05) is 30.3 Å². The monoisotopic (exact) mass is 435 g/mol. The summed E-state index contributed by atoms with van der Waals surface area (Å²) in [5.41, 5.74) is 0.713. The van der Waals surface area contributed by atoms with Crippen molar-refractivity contribution in [1.29, 1.82) is 0 Å². The SMILES string of the molecule is COc1ccc(OC)c(C(=O)C[NH+]2CCC(O)(c3ccccc3)CC2)c1.[Br-]. The van der Waals surface area contributed by atoms with Crippen LogP contribution < -0.4 is 31.4 Å². The number of quaternary nitrogens is 1. The second-order valence-corrected chi connectivity index (χ2v) is 6.81. The number of aliphatic hydroxyl groups is 1. The zero-order valence-electron chi connectivity index (χ0n) is 15.7. The normalized spacial score (nSPS) is 21.8. The molecule has 146 valence electrons. The smallest absolute Gasteiger partial charge is 0.220 e. The number of nitrogens with one attached hydrogen (secondary N) is 1. The van der Waals surface area contributed by atoms with Crippen molar-refractivity contribution in [1.82, 2.24) is 0 Å². The van der Waals surface area contributed by atoms with Crippen molar-refractivity contribution in [2.75, 3.05) is 33.9 Å². The first-order valence-electron chi connectivity index (χ1n) is 8.92. The fraction of sp³-hybridized carbons (Fsp3) is 0.381. The zero-order valence-corrected chi connectivity index (χ0v) is 17.3. The number of carbonyl (C=O) groups excluding carboxylic acids is 1. The van der Waals surface area contributed by atoms with Gasteiger partial charge in [0.05, 0.1) is 32.9 Å². The molecule has 2 aromatic carbocycles. The summed E-state index contributed by atoms with van der Waals surface area (Å²) in [6.07, 6.45) is 1.30. The third-order valence-electron chi connectivity index (χ3n) is 5.21. The minimum atomic E-state index is -0.790. The number of piperidine rings is 1. The molecule has 0 saturated carbocycles. The lowest BCUT2D eigenvalue weighted by molar-refractivity contribution is -0.899. The number of ketones is 1. The number of benzene rings is 2. The number of likely N-dealkylation sites (tertiary alicyclic amines) is 1. The number of ether oxygens (including phenoxy) is 2. The largest absolute Gasteiger partial charge is 1.00 e. The Balaban J connectivity index is 0.00000261. The molecule has 0 spiro atoms. The molecule has 0 aromatic heterocycles. The van der Waals surface area contributed by atoms with E-state index in [-0.39, 0.29) is 22.8 Å². The number of hydrogen-bond donors (Lipinski definition) is 2. The maximum absolute atomic E-state index is 12.8. The van der Waals surface area contributed by atoms with Gasteiger partial charge < -0.3 is 36.5 Å². The first-order chi connectivity index (χ1) is 12.6.